The van der Waals surface area contributed by atoms with Crippen molar-refractivity contribution in [2.45, 2.75) is 20.5 Å². The lowest BCUT2D eigenvalue weighted by Gasteiger charge is -2.27. The molecule has 3 aromatic carbocycles. The van der Waals surface area contributed by atoms with Gasteiger partial charge in [-0.2, -0.15) is 0 Å². The minimum atomic E-state index is -0.783. The number of halogens is 1. The van der Waals surface area contributed by atoms with E-state index in [1.807, 2.05) is 49.4 Å². The number of carbonyl (C=O) groups is 3. The number of aryl methyl sites for hydroxylation is 2. The fourth-order valence-corrected chi connectivity index (χ4v) is 4.27. The summed E-state index contributed by atoms with van der Waals surface area (Å²) in [5, 5.41) is 2.26. The van der Waals surface area contributed by atoms with E-state index in [4.69, 9.17) is 9.47 Å². The smallest absolute Gasteiger partial charge is 0.335 e. The first kappa shape index (κ1) is 24.2. The van der Waals surface area contributed by atoms with Crippen molar-refractivity contribution < 1.29 is 23.9 Å². The number of nitrogens with zero attached hydrogens (tertiary/aromatic N) is 1. The zero-order chi connectivity index (χ0) is 25.1. The molecule has 0 radical (unpaired) electrons. The summed E-state index contributed by atoms with van der Waals surface area (Å²) >= 11 is 3.50. The maximum absolute atomic E-state index is 13.3. The molecule has 3 aromatic rings. The third-order valence-electron chi connectivity index (χ3n) is 5.50. The van der Waals surface area contributed by atoms with Crippen LogP contribution < -0.4 is 19.7 Å². The molecule has 0 bridgehead atoms. The molecule has 4 amide bonds. The molecule has 1 aliphatic rings. The van der Waals surface area contributed by atoms with Crippen LogP contribution in [-0.2, 0) is 16.2 Å². The average Bonchev–Trinajstić information content (AvgIpc) is 2.83. The molecule has 7 nitrogen and oxygen atoms in total. The highest BCUT2D eigenvalue weighted by Gasteiger charge is 2.37. The molecule has 178 valence electrons. The molecule has 8 heteroatoms. The van der Waals surface area contributed by atoms with Gasteiger partial charge >= 0.3 is 6.03 Å². The molecule has 0 unspecified atom stereocenters. The molecule has 0 spiro atoms. The number of imide groups is 2. The fraction of sp³-hybridized carbons (Fsp3) is 0.148. The van der Waals surface area contributed by atoms with E-state index in [2.05, 4.69) is 21.2 Å². The molecule has 0 aromatic heterocycles. The van der Waals surface area contributed by atoms with E-state index in [0.29, 0.717) is 33.8 Å². The summed E-state index contributed by atoms with van der Waals surface area (Å²) < 4.78 is 12.0. The number of barbiturate groups is 1. The number of hydrogen-bond acceptors (Lipinski definition) is 5. The van der Waals surface area contributed by atoms with Gasteiger partial charge in [-0.3, -0.25) is 14.9 Å². The van der Waals surface area contributed by atoms with Crippen molar-refractivity contribution in [2.24, 2.45) is 0 Å². The number of ether oxygens (including phenoxy) is 2. The Kier molecular flexibility index (Phi) is 7.02. The lowest BCUT2D eigenvalue weighted by molar-refractivity contribution is -0.122. The van der Waals surface area contributed by atoms with Gasteiger partial charge in [0.05, 0.1) is 17.3 Å². The Hall–Kier alpha value is -3.91. The summed E-state index contributed by atoms with van der Waals surface area (Å²) in [5.74, 6) is -0.550. The zero-order valence-corrected chi connectivity index (χ0v) is 21.0. The van der Waals surface area contributed by atoms with Crippen LogP contribution in [-0.4, -0.2) is 25.0 Å². The summed E-state index contributed by atoms with van der Waals surface area (Å²) in [7, 11) is 1.51. The van der Waals surface area contributed by atoms with Crippen LogP contribution in [0.2, 0.25) is 0 Å². The zero-order valence-electron chi connectivity index (χ0n) is 19.4. The highest BCUT2D eigenvalue weighted by Crippen LogP contribution is 2.38. The maximum atomic E-state index is 13.3. The summed E-state index contributed by atoms with van der Waals surface area (Å²) in [6.07, 6.45) is 1.43. The molecule has 1 fully saturated rings. The summed E-state index contributed by atoms with van der Waals surface area (Å²) in [6, 6.07) is 17.7. The van der Waals surface area contributed by atoms with Gasteiger partial charge in [-0.15, -0.1) is 0 Å². The van der Waals surface area contributed by atoms with Crippen molar-refractivity contribution in [2.75, 3.05) is 12.0 Å². The van der Waals surface area contributed by atoms with Crippen molar-refractivity contribution in [3.8, 4) is 11.5 Å². The number of methoxy groups -OCH3 is 1. The van der Waals surface area contributed by atoms with Gasteiger partial charge in [0.2, 0.25) is 0 Å². The second-order valence-corrected chi connectivity index (χ2v) is 8.91. The third-order valence-corrected chi connectivity index (χ3v) is 6.09. The normalized spacial score (nSPS) is 14.8. The highest BCUT2D eigenvalue weighted by molar-refractivity contribution is 9.10. The molecule has 35 heavy (non-hydrogen) atoms. The van der Waals surface area contributed by atoms with E-state index in [1.165, 1.54) is 13.2 Å². The summed E-state index contributed by atoms with van der Waals surface area (Å²) in [5.41, 5.74) is 3.39. The minimum Gasteiger partial charge on any atom is -0.493 e. The molecule has 0 atom stereocenters. The Bertz CT molecular complexity index is 1350. The Morgan fingerprint density at radius 2 is 1.74 bits per heavy atom. The topological polar surface area (TPSA) is 84.9 Å². The van der Waals surface area contributed by atoms with Crippen LogP contribution in [0.1, 0.15) is 22.3 Å². The molecule has 0 aliphatic carbocycles. The molecular formula is C27H23BrN2O5. The van der Waals surface area contributed by atoms with Crippen LogP contribution in [0.25, 0.3) is 6.08 Å². The van der Waals surface area contributed by atoms with Crippen LogP contribution in [0.4, 0.5) is 10.5 Å². The first-order valence-electron chi connectivity index (χ1n) is 10.8. The second-order valence-electron chi connectivity index (χ2n) is 8.06. The molecule has 1 saturated heterocycles. The number of rotatable bonds is 6. The first-order valence-corrected chi connectivity index (χ1v) is 11.6. The van der Waals surface area contributed by atoms with Crippen LogP contribution in [0.3, 0.4) is 0 Å². The number of amides is 4. The molecule has 1 N–H and O–H groups in total. The van der Waals surface area contributed by atoms with E-state index in [-0.39, 0.29) is 5.57 Å². The minimum absolute atomic E-state index is 0.169. The summed E-state index contributed by atoms with van der Waals surface area (Å²) in [4.78, 5) is 39.4. The predicted octanol–water partition coefficient (Wildman–Crippen LogP) is 5.32. The van der Waals surface area contributed by atoms with Crippen molar-refractivity contribution in [3.05, 3.63) is 93.0 Å². The number of urea groups is 1. The first-order chi connectivity index (χ1) is 16.8. The SMILES string of the molecule is COc1cc(/C=C2\C(=O)NC(=O)N(c3cc(C)ccc3C)C2=O)cc(Br)c1OCc1ccccc1. The van der Waals surface area contributed by atoms with Gasteiger partial charge in [-0.25, -0.2) is 9.69 Å². The molecule has 4 rings (SSSR count). The Morgan fingerprint density at radius 3 is 2.46 bits per heavy atom. The van der Waals surface area contributed by atoms with Gasteiger partial charge in [0.1, 0.15) is 12.2 Å². The molecular weight excluding hydrogens is 512 g/mol. The average molecular weight is 535 g/mol. The van der Waals surface area contributed by atoms with E-state index in [0.717, 1.165) is 21.6 Å². The lowest BCUT2D eigenvalue weighted by atomic mass is 10.0. The largest absolute Gasteiger partial charge is 0.493 e. The number of benzene rings is 3. The predicted molar refractivity (Wildman–Crippen MR) is 136 cm³/mol. The van der Waals surface area contributed by atoms with Gasteiger partial charge < -0.3 is 9.47 Å². The van der Waals surface area contributed by atoms with Crippen molar-refractivity contribution in [1.82, 2.24) is 5.32 Å². The standard InChI is InChI=1S/C27H23BrN2O5/c1-16-9-10-17(2)22(11-16)30-26(32)20(25(31)29-27(30)33)12-19-13-21(28)24(23(14-19)34-3)35-15-18-7-5-4-6-8-18/h4-14H,15H2,1-3H3,(H,29,31,33)/b20-12+. The molecule has 1 aliphatic heterocycles. The van der Waals surface area contributed by atoms with Crippen LogP contribution in [0, 0.1) is 13.8 Å². The van der Waals surface area contributed by atoms with Crippen LogP contribution in [0.15, 0.2) is 70.7 Å². The second kappa shape index (κ2) is 10.1. The van der Waals surface area contributed by atoms with Gasteiger partial charge in [-0.05, 0) is 76.3 Å². The van der Waals surface area contributed by atoms with E-state index >= 15 is 0 Å². The van der Waals surface area contributed by atoms with E-state index in [9.17, 15) is 14.4 Å². The number of hydrogen-bond donors (Lipinski definition) is 1. The number of nitrogens with one attached hydrogen (secondary N) is 1. The van der Waals surface area contributed by atoms with Crippen molar-refractivity contribution >= 4 is 45.5 Å². The summed E-state index contributed by atoms with van der Waals surface area (Å²) in [6.45, 7) is 4.00. The monoisotopic (exact) mass is 534 g/mol. The quantitative estimate of drug-likeness (QED) is 0.341. The Morgan fingerprint density at radius 1 is 1.00 bits per heavy atom. The third kappa shape index (κ3) is 5.12. The van der Waals surface area contributed by atoms with Crippen LogP contribution in [0.5, 0.6) is 11.5 Å². The van der Waals surface area contributed by atoms with Gasteiger partial charge in [0.15, 0.2) is 11.5 Å². The lowest BCUT2D eigenvalue weighted by Crippen LogP contribution is -2.54. The number of anilines is 1. The van der Waals surface area contributed by atoms with Crippen molar-refractivity contribution in [1.29, 1.82) is 0 Å². The van der Waals surface area contributed by atoms with E-state index in [1.54, 1.807) is 25.1 Å². The Labute approximate surface area is 211 Å². The molecule has 1 heterocycles. The van der Waals surface area contributed by atoms with Gasteiger partial charge in [0, 0.05) is 0 Å². The fourth-order valence-electron chi connectivity index (χ4n) is 3.70. The highest BCUT2D eigenvalue weighted by atomic mass is 79.9. The Balaban J connectivity index is 1.67. The van der Waals surface area contributed by atoms with Gasteiger partial charge in [-0.1, -0.05) is 42.5 Å². The maximum Gasteiger partial charge on any atom is 0.335 e. The molecule has 0 saturated carbocycles. The van der Waals surface area contributed by atoms with Gasteiger partial charge in [0.25, 0.3) is 11.8 Å². The van der Waals surface area contributed by atoms with Crippen molar-refractivity contribution in [3.63, 3.8) is 0 Å². The van der Waals surface area contributed by atoms with E-state index < -0.39 is 17.8 Å². The van der Waals surface area contributed by atoms with Crippen LogP contribution >= 0.6 is 15.9 Å². The number of carbonyl (C=O) groups excluding carboxylic acids is 3.